The summed E-state index contributed by atoms with van der Waals surface area (Å²) in [5.41, 5.74) is 9.53. The minimum atomic E-state index is -0.193. The molecule has 2 aromatic rings. The highest BCUT2D eigenvalue weighted by atomic mass is 79.9. The maximum atomic E-state index is 6.25. The first-order chi connectivity index (χ1) is 8.59. The van der Waals surface area contributed by atoms with Gasteiger partial charge in [-0.05, 0) is 45.1 Å². The second-order valence-electron chi connectivity index (χ2n) is 4.67. The van der Waals surface area contributed by atoms with Gasteiger partial charge in [-0.15, -0.1) is 0 Å². The van der Waals surface area contributed by atoms with Crippen LogP contribution in [0.25, 0.3) is 0 Å². The Morgan fingerprint density at radius 2 is 1.67 bits per heavy atom. The fourth-order valence-corrected chi connectivity index (χ4v) is 2.37. The summed E-state index contributed by atoms with van der Waals surface area (Å²) in [6.45, 7) is 4.37. The van der Waals surface area contributed by atoms with Crippen LogP contribution in [0.1, 0.15) is 42.6 Å². The van der Waals surface area contributed by atoms with E-state index in [2.05, 4.69) is 59.0 Å². The van der Waals surface area contributed by atoms with E-state index in [0.717, 1.165) is 15.7 Å². The molecular weight excluding hydrogens is 288 g/mol. The van der Waals surface area contributed by atoms with Gasteiger partial charge in [-0.1, -0.05) is 38.1 Å². The molecule has 0 saturated heterocycles. The molecule has 1 aromatic heterocycles. The summed E-state index contributed by atoms with van der Waals surface area (Å²) >= 11 is 3.49. The summed E-state index contributed by atoms with van der Waals surface area (Å²) in [6.07, 6.45) is 1.77. The SMILES string of the molecule is CC(C)c1ccc(C(N)c2ncccc2Br)cc1. The molecule has 0 saturated carbocycles. The van der Waals surface area contributed by atoms with Crippen LogP contribution in [0, 0.1) is 0 Å². The minimum Gasteiger partial charge on any atom is -0.319 e. The van der Waals surface area contributed by atoms with Crippen molar-refractivity contribution < 1.29 is 0 Å². The van der Waals surface area contributed by atoms with E-state index in [1.165, 1.54) is 5.56 Å². The molecule has 0 aliphatic heterocycles. The summed E-state index contributed by atoms with van der Waals surface area (Å²) in [5.74, 6) is 0.539. The van der Waals surface area contributed by atoms with Gasteiger partial charge >= 0.3 is 0 Å². The first-order valence-electron chi connectivity index (χ1n) is 6.05. The van der Waals surface area contributed by atoms with Crippen molar-refractivity contribution in [3.8, 4) is 0 Å². The third-order valence-corrected chi connectivity index (χ3v) is 3.71. The number of aromatic nitrogens is 1. The average Bonchev–Trinajstić information content (AvgIpc) is 2.38. The normalized spacial score (nSPS) is 12.7. The summed E-state index contributed by atoms with van der Waals surface area (Å²) in [7, 11) is 0. The number of nitrogens with two attached hydrogens (primary N) is 1. The molecule has 94 valence electrons. The van der Waals surface area contributed by atoms with Crippen molar-refractivity contribution >= 4 is 15.9 Å². The molecule has 2 N–H and O–H groups in total. The van der Waals surface area contributed by atoms with Crippen LogP contribution in [0.4, 0.5) is 0 Å². The summed E-state index contributed by atoms with van der Waals surface area (Å²) in [6, 6.07) is 12.1. The third-order valence-electron chi connectivity index (χ3n) is 3.04. The Labute approximate surface area is 116 Å². The van der Waals surface area contributed by atoms with Crippen molar-refractivity contribution in [2.75, 3.05) is 0 Å². The lowest BCUT2D eigenvalue weighted by Gasteiger charge is -2.14. The van der Waals surface area contributed by atoms with E-state index in [9.17, 15) is 0 Å². The van der Waals surface area contributed by atoms with E-state index < -0.39 is 0 Å². The fourth-order valence-electron chi connectivity index (χ4n) is 1.87. The van der Waals surface area contributed by atoms with Gasteiger partial charge in [0.2, 0.25) is 0 Å². The van der Waals surface area contributed by atoms with Crippen molar-refractivity contribution in [3.05, 3.63) is 63.9 Å². The minimum absolute atomic E-state index is 0.193. The predicted molar refractivity (Wildman–Crippen MR) is 78.5 cm³/mol. The van der Waals surface area contributed by atoms with E-state index in [1.807, 2.05) is 12.1 Å². The quantitative estimate of drug-likeness (QED) is 0.930. The van der Waals surface area contributed by atoms with Crippen LogP contribution in [0.2, 0.25) is 0 Å². The van der Waals surface area contributed by atoms with Gasteiger partial charge in [-0.3, -0.25) is 4.98 Å². The first-order valence-corrected chi connectivity index (χ1v) is 6.84. The second kappa shape index (κ2) is 5.63. The van der Waals surface area contributed by atoms with Crippen LogP contribution in [0.15, 0.2) is 47.1 Å². The molecule has 1 atom stereocenters. The molecule has 1 heterocycles. The number of nitrogens with zero attached hydrogens (tertiary/aromatic N) is 1. The van der Waals surface area contributed by atoms with Crippen molar-refractivity contribution in [1.29, 1.82) is 0 Å². The molecule has 18 heavy (non-hydrogen) atoms. The molecule has 0 aliphatic carbocycles. The zero-order valence-electron chi connectivity index (χ0n) is 10.6. The lowest BCUT2D eigenvalue weighted by molar-refractivity contribution is 0.815. The van der Waals surface area contributed by atoms with Gasteiger partial charge in [0.25, 0.3) is 0 Å². The average molecular weight is 305 g/mol. The topological polar surface area (TPSA) is 38.9 Å². The number of benzene rings is 1. The van der Waals surface area contributed by atoms with Gasteiger partial charge in [-0.25, -0.2) is 0 Å². The number of halogens is 1. The molecule has 0 amide bonds. The van der Waals surface area contributed by atoms with Crippen LogP contribution in [0.3, 0.4) is 0 Å². The van der Waals surface area contributed by atoms with Gasteiger partial charge < -0.3 is 5.73 Å². The number of rotatable bonds is 3. The summed E-state index contributed by atoms with van der Waals surface area (Å²) < 4.78 is 0.949. The molecule has 1 unspecified atom stereocenters. The zero-order valence-corrected chi connectivity index (χ0v) is 12.2. The standard InChI is InChI=1S/C15H17BrN2/c1-10(2)11-5-7-12(8-6-11)14(17)15-13(16)4-3-9-18-15/h3-10,14H,17H2,1-2H3. The molecule has 0 fully saturated rings. The highest BCUT2D eigenvalue weighted by Crippen LogP contribution is 2.25. The van der Waals surface area contributed by atoms with E-state index in [-0.39, 0.29) is 6.04 Å². The lowest BCUT2D eigenvalue weighted by atomic mass is 9.98. The molecule has 0 bridgehead atoms. The van der Waals surface area contributed by atoms with Gasteiger partial charge in [0, 0.05) is 10.7 Å². The third kappa shape index (κ3) is 2.79. The Hall–Kier alpha value is -1.19. The number of hydrogen-bond acceptors (Lipinski definition) is 2. The van der Waals surface area contributed by atoms with Gasteiger partial charge in [0.15, 0.2) is 0 Å². The van der Waals surface area contributed by atoms with Crippen LogP contribution in [-0.4, -0.2) is 4.98 Å². The molecule has 2 nitrogen and oxygen atoms in total. The maximum Gasteiger partial charge on any atom is 0.0758 e. The van der Waals surface area contributed by atoms with E-state index in [0.29, 0.717) is 5.92 Å². The number of hydrogen-bond donors (Lipinski definition) is 1. The van der Waals surface area contributed by atoms with Crippen molar-refractivity contribution in [1.82, 2.24) is 4.98 Å². The summed E-state index contributed by atoms with van der Waals surface area (Å²) in [4.78, 5) is 4.34. The highest BCUT2D eigenvalue weighted by Gasteiger charge is 2.13. The number of pyridine rings is 1. The monoisotopic (exact) mass is 304 g/mol. The molecule has 0 aliphatic rings. The molecule has 0 spiro atoms. The Morgan fingerprint density at radius 1 is 1.06 bits per heavy atom. The van der Waals surface area contributed by atoms with Crippen molar-refractivity contribution in [2.24, 2.45) is 5.73 Å². The largest absolute Gasteiger partial charge is 0.319 e. The van der Waals surface area contributed by atoms with Crippen LogP contribution in [0.5, 0.6) is 0 Å². The maximum absolute atomic E-state index is 6.25. The van der Waals surface area contributed by atoms with Crippen LogP contribution < -0.4 is 5.73 Å². The van der Waals surface area contributed by atoms with Gasteiger partial charge in [0.05, 0.1) is 11.7 Å². The Balaban J connectivity index is 2.29. The van der Waals surface area contributed by atoms with Crippen LogP contribution >= 0.6 is 15.9 Å². The van der Waals surface area contributed by atoms with E-state index in [4.69, 9.17) is 5.73 Å². The summed E-state index contributed by atoms with van der Waals surface area (Å²) in [5, 5.41) is 0. The van der Waals surface area contributed by atoms with Crippen molar-refractivity contribution in [3.63, 3.8) is 0 Å². The highest BCUT2D eigenvalue weighted by molar-refractivity contribution is 9.10. The first kappa shape index (κ1) is 13.2. The lowest BCUT2D eigenvalue weighted by Crippen LogP contribution is -2.14. The Morgan fingerprint density at radius 3 is 2.22 bits per heavy atom. The van der Waals surface area contributed by atoms with Gasteiger partial charge in [0.1, 0.15) is 0 Å². The second-order valence-corrected chi connectivity index (χ2v) is 5.52. The van der Waals surface area contributed by atoms with Crippen LogP contribution in [-0.2, 0) is 0 Å². The molecule has 2 rings (SSSR count). The van der Waals surface area contributed by atoms with E-state index >= 15 is 0 Å². The predicted octanol–water partition coefficient (Wildman–Crippen LogP) is 4.02. The fraction of sp³-hybridized carbons (Fsp3) is 0.267. The smallest absolute Gasteiger partial charge is 0.0758 e. The Bertz CT molecular complexity index is 520. The van der Waals surface area contributed by atoms with Crippen molar-refractivity contribution in [2.45, 2.75) is 25.8 Å². The van der Waals surface area contributed by atoms with Gasteiger partial charge in [-0.2, -0.15) is 0 Å². The van der Waals surface area contributed by atoms with E-state index in [1.54, 1.807) is 6.20 Å². The molecular formula is C15H17BrN2. The zero-order chi connectivity index (χ0) is 13.1. The molecule has 3 heteroatoms. The Kier molecular flexibility index (Phi) is 4.15. The molecule has 0 radical (unpaired) electrons. The molecule has 1 aromatic carbocycles.